The van der Waals surface area contributed by atoms with Gasteiger partial charge in [-0.2, -0.15) is 0 Å². The summed E-state index contributed by atoms with van der Waals surface area (Å²) in [6.07, 6.45) is 4.73. The summed E-state index contributed by atoms with van der Waals surface area (Å²) in [7, 11) is 3.08. The Morgan fingerprint density at radius 3 is 2.52 bits per heavy atom. The van der Waals surface area contributed by atoms with Crippen molar-refractivity contribution in [1.82, 2.24) is 10.2 Å². The van der Waals surface area contributed by atoms with Crippen molar-refractivity contribution in [3.05, 3.63) is 65.5 Å². The second-order valence-electron chi connectivity index (χ2n) is 7.44. The van der Waals surface area contributed by atoms with Crippen molar-refractivity contribution < 1.29 is 23.5 Å². The second-order valence-corrected chi connectivity index (χ2v) is 7.44. The SMILES string of the molecule is COc1ccc(C(=O)NCC2CCN(C(=O)/C=C/c3cccc(F)c3)CC2)cc1OC. The van der Waals surface area contributed by atoms with E-state index in [2.05, 4.69) is 5.32 Å². The smallest absolute Gasteiger partial charge is 0.251 e. The number of nitrogens with zero attached hydrogens (tertiary/aromatic N) is 1. The summed E-state index contributed by atoms with van der Waals surface area (Å²) in [5, 5.41) is 2.97. The van der Waals surface area contributed by atoms with E-state index in [4.69, 9.17) is 9.47 Å². The molecule has 1 aliphatic heterocycles. The molecule has 3 rings (SSSR count). The molecule has 0 spiro atoms. The van der Waals surface area contributed by atoms with Crippen molar-refractivity contribution in [3.63, 3.8) is 0 Å². The van der Waals surface area contributed by atoms with E-state index in [-0.39, 0.29) is 17.6 Å². The fourth-order valence-electron chi connectivity index (χ4n) is 3.56. The third-order valence-electron chi connectivity index (χ3n) is 5.39. The Balaban J connectivity index is 1.45. The number of halogens is 1. The van der Waals surface area contributed by atoms with Crippen LogP contribution in [0.15, 0.2) is 48.5 Å². The highest BCUT2D eigenvalue weighted by Gasteiger charge is 2.22. The largest absolute Gasteiger partial charge is 0.493 e. The molecule has 7 heteroatoms. The van der Waals surface area contributed by atoms with Crippen LogP contribution in [0.3, 0.4) is 0 Å². The highest BCUT2D eigenvalue weighted by Crippen LogP contribution is 2.27. The van der Waals surface area contributed by atoms with Crippen molar-refractivity contribution in [1.29, 1.82) is 0 Å². The zero-order chi connectivity index (χ0) is 22.2. The van der Waals surface area contributed by atoms with E-state index in [0.717, 1.165) is 12.8 Å². The summed E-state index contributed by atoms with van der Waals surface area (Å²) >= 11 is 0. The molecule has 0 saturated carbocycles. The molecule has 1 fully saturated rings. The predicted molar refractivity (Wildman–Crippen MR) is 117 cm³/mol. The first-order valence-electron chi connectivity index (χ1n) is 10.2. The molecule has 2 amide bonds. The number of hydrogen-bond acceptors (Lipinski definition) is 4. The van der Waals surface area contributed by atoms with Crippen LogP contribution in [0, 0.1) is 11.7 Å². The summed E-state index contributed by atoms with van der Waals surface area (Å²) < 4.78 is 23.7. The molecular formula is C24H27FN2O4. The van der Waals surface area contributed by atoms with Crippen molar-refractivity contribution in [2.75, 3.05) is 33.9 Å². The van der Waals surface area contributed by atoms with Gasteiger partial charge in [-0.1, -0.05) is 12.1 Å². The third-order valence-corrected chi connectivity index (χ3v) is 5.39. The lowest BCUT2D eigenvalue weighted by atomic mass is 9.96. The van der Waals surface area contributed by atoms with Gasteiger partial charge < -0.3 is 19.7 Å². The van der Waals surface area contributed by atoms with Crippen LogP contribution in [-0.2, 0) is 4.79 Å². The van der Waals surface area contributed by atoms with Gasteiger partial charge in [0, 0.05) is 31.3 Å². The maximum absolute atomic E-state index is 13.2. The number of carbonyl (C=O) groups is 2. The van der Waals surface area contributed by atoms with Crippen molar-refractivity contribution in [2.24, 2.45) is 5.92 Å². The van der Waals surface area contributed by atoms with Gasteiger partial charge in [0.05, 0.1) is 14.2 Å². The first-order valence-corrected chi connectivity index (χ1v) is 10.2. The van der Waals surface area contributed by atoms with Gasteiger partial charge in [0.15, 0.2) is 11.5 Å². The quantitative estimate of drug-likeness (QED) is 0.688. The molecule has 2 aromatic rings. The first kappa shape index (κ1) is 22.3. The molecule has 2 aromatic carbocycles. The number of amides is 2. The number of nitrogens with one attached hydrogen (secondary N) is 1. The second kappa shape index (κ2) is 10.6. The highest BCUT2D eigenvalue weighted by atomic mass is 19.1. The number of hydrogen-bond donors (Lipinski definition) is 1. The average molecular weight is 426 g/mol. The summed E-state index contributed by atoms with van der Waals surface area (Å²) in [6.45, 7) is 1.81. The fraction of sp³-hybridized carbons (Fsp3) is 0.333. The zero-order valence-corrected chi connectivity index (χ0v) is 17.8. The lowest BCUT2D eigenvalue weighted by Crippen LogP contribution is -2.41. The summed E-state index contributed by atoms with van der Waals surface area (Å²) in [6, 6.07) is 11.2. The number of likely N-dealkylation sites (tertiary alicyclic amines) is 1. The Morgan fingerprint density at radius 2 is 1.84 bits per heavy atom. The van der Waals surface area contributed by atoms with E-state index in [1.165, 1.54) is 25.3 Å². The van der Waals surface area contributed by atoms with Gasteiger partial charge in [-0.15, -0.1) is 0 Å². The normalized spacial score (nSPS) is 14.5. The monoisotopic (exact) mass is 426 g/mol. The van der Waals surface area contributed by atoms with Crippen LogP contribution >= 0.6 is 0 Å². The van der Waals surface area contributed by atoms with Gasteiger partial charge >= 0.3 is 0 Å². The first-order chi connectivity index (χ1) is 15.0. The Kier molecular flexibility index (Phi) is 7.65. The van der Waals surface area contributed by atoms with E-state index < -0.39 is 0 Å². The molecule has 164 valence electrons. The maximum Gasteiger partial charge on any atom is 0.251 e. The standard InChI is InChI=1S/C24H27FN2O4/c1-30-21-8-7-19(15-22(21)31-2)24(29)26-16-18-10-12-27(13-11-18)23(28)9-6-17-4-3-5-20(25)14-17/h3-9,14-15,18H,10-13,16H2,1-2H3,(H,26,29)/b9-6+. The Bertz CT molecular complexity index is 952. The lowest BCUT2D eigenvalue weighted by molar-refractivity contribution is -0.127. The number of carbonyl (C=O) groups excluding carboxylic acids is 2. The Labute approximate surface area is 181 Å². The van der Waals surface area contributed by atoms with Gasteiger partial charge in [0.25, 0.3) is 5.91 Å². The molecule has 1 aliphatic rings. The van der Waals surface area contributed by atoms with E-state index in [1.807, 2.05) is 0 Å². The number of piperidine rings is 1. The molecule has 31 heavy (non-hydrogen) atoms. The van der Waals surface area contributed by atoms with Crippen LogP contribution in [0.25, 0.3) is 6.08 Å². The van der Waals surface area contributed by atoms with Crippen LogP contribution in [0.5, 0.6) is 11.5 Å². The Morgan fingerprint density at radius 1 is 1.10 bits per heavy atom. The van der Waals surface area contributed by atoms with E-state index in [1.54, 1.807) is 48.4 Å². The molecule has 1 N–H and O–H groups in total. The molecule has 0 unspecified atom stereocenters. The van der Waals surface area contributed by atoms with E-state index in [9.17, 15) is 14.0 Å². The molecule has 0 radical (unpaired) electrons. The molecule has 0 atom stereocenters. The van der Waals surface area contributed by atoms with Crippen LogP contribution in [0.4, 0.5) is 4.39 Å². The molecule has 0 aliphatic carbocycles. The predicted octanol–water partition coefficient (Wildman–Crippen LogP) is 3.52. The minimum atomic E-state index is -0.328. The van der Waals surface area contributed by atoms with Gasteiger partial charge in [0.2, 0.25) is 5.91 Å². The van der Waals surface area contributed by atoms with Crippen molar-refractivity contribution in [3.8, 4) is 11.5 Å². The van der Waals surface area contributed by atoms with Crippen LogP contribution in [0.2, 0.25) is 0 Å². The maximum atomic E-state index is 13.2. The van der Waals surface area contributed by atoms with Gasteiger partial charge in [0.1, 0.15) is 5.82 Å². The molecule has 0 aromatic heterocycles. The molecule has 1 saturated heterocycles. The minimum absolute atomic E-state index is 0.0860. The molecule has 6 nitrogen and oxygen atoms in total. The summed E-state index contributed by atoms with van der Waals surface area (Å²) in [5.41, 5.74) is 1.16. The van der Waals surface area contributed by atoms with Gasteiger partial charge in [-0.25, -0.2) is 4.39 Å². The van der Waals surface area contributed by atoms with Crippen LogP contribution in [-0.4, -0.2) is 50.6 Å². The lowest BCUT2D eigenvalue weighted by Gasteiger charge is -2.31. The van der Waals surface area contributed by atoms with Crippen LogP contribution < -0.4 is 14.8 Å². The van der Waals surface area contributed by atoms with Gasteiger partial charge in [-0.05, 0) is 60.7 Å². The summed E-state index contributed by atoms with van der Waals surface area (Å²) in [5.74, 6) is 0.802. The number of methoxy groups -OCH3 is 2. The van der Waals surface area contributed by atoms with Crippen LogP contribution in [0.1, 0.15) is 28.8 Å². The number of benzene rings is 2. The minimum Gasteiger partial charge on any atom is -0.493 e. The fourth-order valence-corrected chi connectivity index (χ4v) is 3.56. The molecule has 0 bridgehead atoms. The number of rotatable bonds is 7. The van der Waals surface area contributed by atoms with E-state index in [0.29, 0.717) is 48.2 Å². The van der Waals surface area contributed by atoms with Crippen molar-refractivity contribution >= 4 is 17.9 Å². The van der Waals surface area contributed by atoms with Gasteiger partial charge in [-0.3, -0.25) is 9.59 Å². The molecule has 1 heterocycles. The van der Waals surface area contributed by atoms with Crippen molar-refractivity contribution in [2.45, 2.75) is 12.8 Å². The zero-order valence-electron chi connectivity index (χ0n) is 17.8. The summed E-state index contributed by atoms with van der Waals surface area (Å²) in [4.78, 5) is 26.6. The number of ether oxygens (including phenoxy) is 2. The third kappa shape index (κ3) is 6.07. The highest BCUT2D eigenvalue weighted by molar-refractivity contribution is 5.95. The Hall–Kier alpha value is -3.35. The van der Waals surface area contributed by atoms with E-state index >= 15 is 0 Å². The molecular weight excluding hydrogens is 399 g/mol. The topological polar surface area (TPSA) is 67.9 Å². The average Bonchev–Trinajstić information content (AvgIpc) is 2.80.